The molecule has 0 heterocycles. The normalized spacial score (nSPS) is 10.8. The van der Waals surface area contributed by atoms with Gasteiger partial charge in [0, 0.05) is 12.1 Å². The quantitative estimate of drug-likeness (QED) is 0.739. The maximum absolute atomic E-state index is 12.4. The van der Waals surface area contributed by atoms with Gasteiger partial charge in [-0.15, -0.1) is 0 Å². The first kappa shape index (κ1) is 19.0. The average Bonchev–Trinajstić information content (AvgIpc) is 2.54. The Morgan fingerprint density at radius 3 is 2.48 bits per heavy atom. The fourth-order valence-electron chi connectivity index (χ4n) is 2.84. The van der Waals surface area contributed by atoms with Crippen molar-refractivity contribution in [2.45, 2.75) is 53.6 Å². The number of carbonyl (C=O) groups is 1. The minimum atomic E-state index is 0.0116. The highest BCUT2D eigenvalue weighted by molar-refractivity contribution is 5.95. The molecule has 0 saturated heterocycles. The molecule has 0 bridgehead atoms. The standard InChI is InChI=1S/C22H29NO2/c1-15(2)25-20-10-6-8-19(14-20)9-7-11-23-22(24)21-13-17(4)16(3)12-18(21)5/h6,8,10,12-15H,7,9,11H2,1-5H3,(H,23,24). The summed E-state index contributed by atoms with van der Waals surface area (Å²) in [6.45, 7) is 10.8. The average molecular weight is 339 g/mol. The van der Waals surface area contributed by atoms with Crippen LogP contribution in [0, 0.1) is 20.8 Å². The number of hydrogen-bond acceptors (Lipinski definition) is 2. The molecule has 0 aliphatic heterocycles. The third-order valence-electron chi connectivity index (χ3n) is 4.28. The van der Waals surface area contributed by atoms with Crippen LogP contribution in [0.3, 0.4) is 0 Å². The van der Waals surface area contributed by atoms with Gasteiger partial charge < -0.3 is 10.1 Å². The Balaban J connectivity index is 1.85. The molecule has 0 aliphatic carbocycles. The van der Waals surface area contributed by atoms with Gasteiger partial charge in [0.2, 0.25) is 0 Å². The Bertz CT molecular complexity index is 735. The highest BCUT2D eigenvalue weighted by Gasteiger charge is 2.10. The number of nitrogens with one attached hydrogen (secondary N) is 1. The molecule has 0 aliphatic rings. The van der Waals surface area contributed by atoms with Gasteiger partial charge in [-0.25, -0.2) is 0 Å². The third kappa shape index (κ3) is 5.63. The minimum absolute atomic E-state index is 0.0116. The van der Waals surface area contributed by atoms with E-state index < -0.39 is 0 Å². The molecule has 2 aromatic rings. The third-order valence-corrected chi connectivity index (χ3v) is 4.28. The van der Waals surface area contributed by atoms with Gasteiger partial charge in [0.1, 0.15) is 5.75 Å². The maximum atomic E-state index is 12.4. The molecule has 0 fully saturated rings. The molecule has 0 atom stereocenters. The van der Waals surface area contributed by atoms with Crippen molar-refractivity contribution in [3.05, 3.63) is 64.2 Å². The van der Waals surface area contributed by atoms with E-state index in [0.29, 0.717) is 6.54 Å². The first-order chi connectivity index (χ1) is 11.9. The topological polar surface area (TPSA) is 38.3 Å². The second-order valence-electron chi connectivity index (χ2n) is 6.92. The summed E-state index contributed by atoms with van der Waals surface area (Å²) in [5.74, 6) is 0.916. The zero-order valence-corrected chi connectivity index (χ0v) is 16.0. The Kier molecular flexibility index (Phi) is 6.63. The van der Waals surface area contributed by atoms with Crippen LogP contribution in [-0.2, 0) is 6.42 Å². The van der Waals surface area contributed by atoms with Gasteiger partial charge in [0.25, 0.3) is 5.91 Å². The highest BCUT2D eigenvalue weighted by atomic mass is 16.5. The van der Waals surface area contributed by atoms with Crippen molar-refractivity contribution in [2.24, 2.45) is 0 Å². The lowest BCUT2D eigenvalue weighted by molar-refractivity contribution is 0.0952. The van der Waals surface area contributed by atoms with E-state index in [9.17, 15) is 4.79 Å². The van der Waals surface area contributed by atoms with E-state index in [1.165, 1.54) is 11.1 Å². The SMILES string of the molecule is Cc1cc(C)c(C(=O)NCCCc2cccc(OC(C)C)c2)cc1C. The number of benzene rings is 2. The van der Waals surface area contributed by atoms with E-state index in [0.717, 1.165) is 35.3 Å². The molecule has 25 heavy (non-hydrogen) atoms. The van der Waals surface area contributed by atoms with E-state index in [4.69, 9.17) is 4.74 Å². The van der Waals surface area contributed by atoms with Gasteiger partial charge >= 0.3 is 0 Å². The van der Waals surface area contributed by atoms with Gasteiger partial charge in [-0.2, -0.15) is 0 Å². The van der Waals surface area contributed by atoms with Crippen LogP contribution in [0.15, 0.2) is 36.4 Å². The van der Waals surface area contributed by atoms with Crippen molar-refractivity contribution >= 4 is 5.91 Å². The number of hydrogen-bond donors (Lipinski definition) is 1. The monoisotopic (exact) mass is 339 g/mol. The molecule has 1 N–H and O–H groups in total. The van der Waals surface area contributed by atoms with Crippen molar-refractivity contribution in [2.75, 3.05) is 6.54 Å². The summed E-state index contributed by atoms with van der Waals surface area (Å²) in [6, 6.07) is 12.2. The molecule has 134 valence electrons. The zero-order valence-electron chi connectivity index (χ0n) is 16.0. The fraction of sp³-hybridized carbons (Fsp3) is 0.409. The van der Waals surface area contributed by atoms with Crippen LogP contribution >= 0.6 is 0 Å². The predicted molar refractivity (Wildman–Crippen MR) is 104 cm³/mol. The van der Waals surface area contributed by atoms with Gasteiger partial charge in [-0.3, -0.25) is 4.79 Å². The van der Waals surface area contributed by atoms with E-state index >= 15 is 0 Å². The Hall–Kier alpha value is -2.29. The second-order valence-corrected chi connectivity index (χ2v) is 6.92. The van der Waals surface area contributed by atoms with Crippen LogP contribution in [0.25, 0.3) is 0 Å². The van der Waals surface area contributed by atoms with Crippen LogP contribution < -0.4 is 10.1 Å². The van der Waals surface area contributed by atoms with Crippen LogP contribution in [0.2, 0.25) is 0 Å². The number of carbonyl (C=O) groups excluding carboxylic acids is 1. The van der Waals surface area contributed by atoms with Crippen LogP contribution in [-0.4, -0.2) is 18.6 Å². The molecule has 2 rings (SSSR count). The molecular weight excluding hydrogens is 310 g/mol. The van der Waals surface area contributed by atoms with Gasteiger partial charge in [-0.05, 0) is 87.9 Å². The molecule has 3 nitrogen and oxygen atoms in total. The minimum Gasteiger partial charge on any atom is -0.491 e. The van der Waals surface area contributed by atoms with E-state index in [1.807, 2.05) is 45.9 Å². The van der Waals surface area contributed by atoms with Crippen molar-refractivity contribution < 1.29 is 9.53 Å². The van der Waals surface area contributed by atoms with E-state index in [2.05, 4.69) is 30.4 Å². The summed E-state index contributed by atoms with van der Waals surface area (Å²) >= 11 is 0. The van der Waals surface area contributed by atoms with Crippen molar-refractivity contribution in [1.29, 1.82) is 0 Å². The molecule has 1 amide bonds. The lowest BCUT2D eigenvalue weighted by Crippen LogP contribution is -2.25. The molecule has 2 aromatic carbocycles. The van der Waals surface area contributed by atoms with Crippen LogP contribution in [0.4, 0.5) is 0 Å². The summed E-state index contributed by atoms with van der Waals surface area (Å²) < 4.78 is 5.72. The Morgan fingerprint density at radius 2 is 1.76 bits per heavy atom. The Morgan fingerprint density at radius 1 is 1.04 bits per heavy atom. The zero-order chi connectivity index (χ0) is 18.4. The molecule has 3 heteroatoms. The summed E-state index contributed by atoms with van der Waals surface area (Å²) in [5, 5.41) is 3.03. The Labute approximate surface area is 151 Å². The van der Waals surface area contributed by atoms with Crippen LogP contribution in [0.5, 0.6) is 5.75 Å². The smallest absolute Gasteiger partial charge is 0.251 e. The summed E-state index contributed by atoms with van der Waals surface area (Å²) in [6.07, 6.45) is 2.00. The number of rotatable bonds is 7. The fourth-order valence-corrected chi connectivity index (χ4v) is 2.84. The molecule has 0 saturated carbocycles. The van der Waals surface area contributed by atoms with Gasteiger partial charge in [0.05, 0.1) is 6.10 Å². The van der Waals surface area contributed by atoms with Gasteiger partial charge in [-0.1, -0.05) is 18.2 Å². The maximum Gasteiger partial charge on any atom is 0.251 e. The first-order valence-corrected chi connectivity index (χ1v) is 8.98. The van der Waals surface area contributed by atoms with Crippen molar-refractivity contribution in [3.63, 3.8) is 0 Å². The van der Waals surface area contributed by atoms with Crippen LogP contribution in [0.1, 0.15) is 52.9 Å². The van der Waals surface area contributed by atoms with Crippen molar-refractivity contribution in [3.8, 4) is 5.75 Å². The highest BCUT2D eigenvalue weighted by Crippen LogP contribution is 2.17. The van der Waals surface area contributed by atoms with Gasteiger partial charge in [0.15, 0.2) is 0 Å². The molecule has 0 radical (unpaired) electrons. The van der Waals surface area contributed by atoms with E-state index in [1.54, 1.807) is 0 Å². The summed E-state index contributed by atoms with van der Waals surface area (Å²) in [7, 11) is 0. The number of aryl methyl sites for hydroxylation is 4. The largest absolute Gasteiger partial charge is 0.491 e. The lowest BCUT2D eigenvalue weighted by atomic mass is 10.0. The van der Waals surface area contributed by atoms with E-state index in [-0.39, 0.29) is 12.0 Å². The number of ether oxygens (including phenoxy) is 1. The second kappa shape index (κ2) is 8.70. The lowest BCUT2D eigenvalue weighted by Gasteiger charge is -2.12. The number of amides is 1. The first-order valence-electron chi connectivity index (χ1n) is 8.98. The van der Waals surface area contributed by atoms with Crippen molar-refractivity contribution in [1.82, 2.24) is 5.32 Å². The summed E-state index contributed by atoms with van der Waals surface area (Å²) in [4.78, 5) is 12.4. The molecule has 0 aromatic heterocycles. The predicted octanol–water partition coefficient (Wildman–Crippen LogP) is 4.76. The molecular formula is C22H29NO2. The molecule has 0 unspecified atom stereocenters. The molecule has 0 spiro atoms. The summed E-state index contributed by atoms with van der Waals surface area (Å²) in [5.41, 5.74) is 5.40.